The lowest BCUT2D eigenvalue weighted by Gasteiger charge is -2.26. The Morgan fingerprint density at radius 3 is 2.50 bits per heavy atom. The van der Waals surface area contributed by atoms with Crippen molar-refractivity contribution in [3.05, 3.63) is 51.8 Å². The van der Waals surface area contributed by atoms with Gasteiger partial charge in [-0.1, -0.05) is 11.6 Å². The number of nitrogens with one attached hydrogen (secondary N) is 1. The number of nitrogens with zero attached hydrogens (tertiary/aromatic N) is 3. The van der Waals surface area contributed by atoms with Crippen molar-refractivity contribution in [2.24, 2.45) is 0 Å². The monoisotopic (exact) mass is 462 g/mol. The van der Waals surface area contributed by atoms with Gasteiger partial charge in [-0.25, -0.2) is 18.7 Å². The van der Waals surface area contributed by atoms with Gasteiger partial charge in [0.25, 0.3) is 5.91 Å². The maximum absolute atomic E-state index is 13.9. The van der Waals surface area contributed by atoms with Crippen molar-refractivity contribution in [3.8, 4) is 5.75 Å². The minimum atomic E-state index is -0.835. The third-order valence-electron chi connectivity index (χ3n) is 6.05. The number of hydrogen-bond donors (Lipinski definition) is 1. The van der Waals surface area contributed by atoms with Crippen molar-refractivity contribution >= 4 is 23.2 Å². The van der Waals surface area contributed by atoms with E-state index < -0.39 is 17.9 Å². The van der Waals surface area contributed by atoms with Gasteiger partial charge in [0.15, 0.2) is 0 Å². The van der Waals surface area contributed by atoms with Crippen LogP contribution >= 0.6 is 11.6 Å². The van der Waals surface area contributed by atoms with E-state index in [-0.39, 0.29) is 36.4 Å². The van der Waals surface area contributed by atoms with E-state index in [1.165, 1.54) is 23.1 Å². The number of ether oxygens (including phenoxy) is 1. The fourth-order valence-corrected chi connectivity index (χ4v) is 4.33. The molecule has 4 rings (SSSR count). The van der Waals surface area contributed by atoms with Gasteiger partial charge in [0, 0.05) is 18.3 Å². The fourth-order valence-electron chi connectivity index (χ4n) is 4.25. The lowest BCUT2D eigenvalue weighted by molar-refractivity contribution is 0.0775. The highest BCUT2D eigenvalue weighted by Crippen LogP contribution is 2.31. The summed E-state index contributed by atoms with van der Waals surface area (Å²) in [6.07, 6.45) is 0.747. The molecule has 2 fully saturated rings. The van der Waals surface area contributed by atoms with Crippen LogP contribution < -0.4 is 4.74 Å². The summed E-state index contributed by atoms with van der Waals surface area (Å²) in [4.78, 5) is 23.6. The molecule has 0 bridgehead atoms. The first kappa shape index (κ1) is 22.6. The van der Waals surface area contributed by atoms with Crippen molar-refractivity contribution in [1.29, 1.82) is 5.41 Å². The number of likely N-dealkylation sites (tertiary alicyclic amines) is 1. The summed E-state index contributed by atoms with van der Waals surface area (Å²) < 4.78 is 33.3. The van der Waals surface area contributed by atoms with Crippen LogP contribution in [0.1, 0.15) is 59.2 Å². The molecule has 1 aliphatic heterocycles. The molecular weight excluding hydrogens is 438 g/mol. The van der Waals surface area contributed by atoms with Crippen LogP contribution in [0.2, 0.25) is 5.02 Å². The summed E-state index contributed by atoms with van der Waals surface area (Å²) in [6.45, 7) is 3.92. The van der Waals surface area contributed by atoms with Gasteiger partial charge in [-0.2, -0.15) is 0 Å². The van der Waals surface area contributed by atoms with Gasteiger partial charge in [-0.15, -0.1) is 0 Å². The van der Waals surface area contributed by atoms with Crippen LogP contribution in [0.5, 0.6) is 5.75 Å². The summed E-state index contributed by atoms with van der Waals surface area (Å²) in [6, 6.07) is 3.81. The number of carbonyl (C=O) groups is 1. The second-order valence-electron chi connectivity index (χ2n) is 8.46. The molecular formula is C23H25ClF2N4O2. The lowest BCUT2D eigenvalue weighted by Crippen LogP contribution is -2.31. The molecule has 1 aromatic carbocycles. The largest absolute Gasteiger partial charge is 0.489 e. The van der Waals surface area contributed by atoms with Gasteiger partial charge in [0.2, 0.25) is 0 Å². The maximum atomic E-state index is 13.9. The number of aryl methyl sites for hydroxylation is 2. The minimum Gasteiger partial charge on any atom is -0.489 e. The maximum Gasteiger partial charge on any atom is 0.257 e. The predicted molar refractivity (Wildman–Crippen MR) is 117 cm³/mol. The number of amides is 1. The molecule has 1 saturated carbocycles. The van der Waals surface area contributed by atoms with Gasteiger partial charge in [-0.3, -0.25) is 4.79 Å². The Balaban J connectivity index is 1.54. The van der Waals surface area contributed by atoms with Crippen LogP contribution in [0.4, 0.5) is 8.78 Å². The third-order valence-corrected chi connectivity index (χ3v) is 6.60. The van der Waals surface area contributed by atoms with Crippen LogP contribution in [-0.4, -0.2) is 51.9 Å². The molecule has 32 heavy (non-hydrogen) atoms. The minimum absolute atomic E-state index is 0.122. The lowest BCUT2D eigenvalue weighted by atomic mass is 9.96. The van der Waals surface area contributed by atoms with E-state index in [0.717, 1.165) is 0 Å². The van der Waals surface area contributed by atoms with E-state index in [1.54, 1.807) is 13.8 Å². The van der Waals surface area contributed by atoms with Gasteiger partial charge >= 0.3 is 0 Å². The molecule has 0 spiro atoms. The molecule has 1 amide bonds. The zero-order valence-electron chi connectivity index (χ0n) is 18.0. The standard InChI is InChI=1S/C23H25ClF2N4O2/c1-12-21(24)13(2)29-22(28-12)18-10-30(11-19(18)27)23(31)17-8-5-15(26)9-20(17)32-16-6-3-14(25)4-7-16/h5,8-9,14,16,18,27H,3-4,6-7,10-11H2,1-2H3. The number of benzene rings is 1. The Morgan fingerprint density at radius 2 is 1.84 bits per heavy atom. The Labute approximate surface area is 190 Å². The summed E-state index contributed by atoms with van der Waals surface area (Å²) in [7, 11) is 0. The average molecular weight is 463 g/mol. The molecule has 1 aliphatic carbocycles. The highest BCUT2D eigenvalue weighted by molar-refractivity contribution is 6.31. The Kier molecular flexibility index (Phi) is 6.42. The topological polar surface area (TPSA) is 79.2 Å². The quantitative estimate of drug-likeness (QED) is 0.707. The summed E-state index contributed by atoms with van der Waals surface area (Å²) >= 11 is 6.16. The van der Waals surface area contributed by atoms with Gasteiger partial charge < -0.3 is 15.0 Å². The summed E-state index contributed by atoms with van der Waals surface area (Å²) in [5, 5.41) is 8.89. The van der Waals surface area contributed by atoms with Gasteiger partial charge in [0.05, 0.1) is 40.5 Å². The molecule has 1 unspecified atom stereocenters. The zero-order valence-corrected chi connectivity index (χ0v) is 18.8. The predicted octanol–water partition coefficient (Wildman–Crippen LogP) is 4.80. The molecule has 2 heterocycles. The SMILES string of the molecule is Cc1nc(C2CN(C(=O)c3ccc(F)cc3OC3CCC(F)CC3)CC2=N)nc(C)c1Cl. The fraction of sp³-hybridized carbons (Fsp3) is 0.478. The van der Waals surface area contributed by atoms with Gasteiger partial charge in [-0.05, 0) is 51.7 Å². The van der Waals surface area contributed by atoms with Crippen LogP contribution in [0.3, 0.4) is 0 Å². The Bertz CT molecular complexity index is 1030. The normalized spacial score (nSPS) is 23.5. The van der Waals surface area contributed by atoms with Crippen molar-refractivity contribution in [1.82, 2.24) is 14.9 Å². The molecule has 2 aromatic rings. The van der Waals surface area contributed by atoms with E-state index >= 15 is 0 Å². The van der Waals surface area contributed by atoms with Crippen LogP contribution in [0, 0.1) is 25.1 Å². The van der Waals surface area contributed by atoms with E-state index in [1.807, 2.05) is 0 Å². The Hall–Kier alpha value is -2.61. The molecule has 1 aromatic heterocycles. The molecule has 2 aliphatic rings. The van der Waals surface area contributed by atoms with E-state index in [2.05, 4.69) is 9.97 Å². The van der Waals surface area contributed by atoms with Crippen LogP contribution in [0.15, 0.2) is 18.2 Å². The molecule has 6 nitrogen and oxygen atoms in total. The smallest absolute Gasteiger partial charge is 0.257 e. The van der Waals surface area contributed by atoms with Crippen LogP contribution in [0.25, 0.3) is 0 Å². The number of rotatable bonds is 4. The van der Waals surface area contributed by atoms with Crippen molar-refractivity contribution in [3.63, 3.8) is 0 Å². The van der Waals surface area contributed by atoms with E-state index in [0.29, 0.717) is 53.6 Å². The first-order chi connectivity index (χ1) is 15.2. The van der Waals surface area contributed by atoms with Crippen molar-refractivity contribution in [2.45, 2.75) is 57.7 Å². The second kappa shape index (κ2) is 9.10. The zero-order chi connectivity index (χ0) is 23.0. The number of aromatic nitrogens is 2. The van der Waals surface area contributed by atoms with E-state index in [4.69, 9.17) is 21.7 Å². The number of carbonyl (C=O) groups excluding carboxylic acids is 1. The first-order valence-corrected chi connectivity index (χ1v) is 11.1. The molecule has 0 radical (unpaired) electrons. The highest BCUT2D eigenvalue weighted by atomic mass is 35.5. The van der Waals surface area contributed by atoms with E-state index in [9.17, 15) is 13.6 Å². The summed E-state index contributed by atoms with van der Waals surface area (Å²) in [5.74, 6) is -0.680. The van der Waals surface area contributed by atoms with Crippen molar-refractivity contribution in [2.75, 3.05) is 13.1 Å². The summed E-state index contributed by atoms with van der Waals surface area (Å²) in [5.41, 5.74) is 1.81. The highest BCUT2D eigenvalue weighted by Gasteiger charge is 2.36. The number of halogens is 3. The molecule has 1 atom stereocenters. The molecule has 1 saturated heterocycles. The second-order valence-corrected chi connectivity index (χ2v) is 8.84. The third kappa shape index (κ3) is 4.60. The van der Waals surface area contributed by atoms with Crippen LogP contribution in [-0.2, 0) is 0 Å². The molecule has 9 heteroatoms. The molecule has 1 N–H and O–H groups in total. The number of hydrogen-bond acceptors (Lipinski definition) is 5. The Morgan fingerprint density at radius 1 is 1.19 bits per heavy atom. The molecule has 170 valence electrons. The number of alkyl halides is 1. The van der Waals surface area contributed by atoms with Gasteiger partial charge in [0.1, 0.15) is 23.6 Å². The van der Waals surface area contributed by atoms with Crippen molar-refractivity contribution < 1.29 is 18.3 Å². The first-order valence-electron chi connectivity index (χ1n) is 10.7. The average Bonchev–Trinajstić information content (AvgIpc) is 3.14.